The molecule has 5 aromatic rings. The van der Waals surface area contributed by atoms with Gasteiger partial charge < -0.3 is 9.64 Å². The highest BCUT2D eigenvalue weighted by Crippen LogP contribution is 2.34. The van der Waals surface area contributed by atoms with Crippen molar-refractivity contribution in [3.05, 3.63) is 93.7 Å². The molecule has 9 nitrogen and oxygen atoms in total. The average Bonchev–Trinajstić information content (AvgIpc) is 3.50. The van der Waals surface area contributed by atoms with Gasteiger partial charge in [-0.2, -0.15) is 5.10 Å². The summed E-state index contributed by atoms with van der Waals surface area (Å²) in [7, 11) is 2.91. The van der Waals surface area contributed by atoms with E-state index in [1.165, 1.54) is 28.6 Å². The number of aryl methyl sites for hydroxylation is 3. The lowest BCUT2D eigenvalue weighted by Crippen LogP contribution is -2.34. The van der Waals surface area contributed by atoms with E-state index in [0.29, 0.717) is 39.6 Å². The van der Waals surface area contributed by atoms with E-state index in [1.807, 2.05) is 13.0 Å². The number of anilines is 1. The van der Waals surface area contributed by atoms with E-state index in [1.54, 1.807) is 26.1 Å². The first-order chi connectivity index (χ1) is 19.0. The average molecular weight is 551 g/mol. The second-order valence-corrected chi connectivity index (χ2v) is 9.48. The SMILES string of the molecule is Cc1cc(-c2cc(C)c(OCc3ncn[nH]3)c(F)c2)c2c(c1)n(CC(=O)N(C)c1ccc(F)cc1F)c(=O)n2C. The first-order valence-electron chi connectivity index (χ1n) is 12.2. The second kappa shape index (κ2) is 10.4. The predicted octanol–water partition coefficient (Wildman–Crippen LogP) is 4.40. The molecular formula is C28H25F3N6O3. The van der Waals surface area contributed by atoms with E-state index in [2.05, 4.69) is 15.2 Å². The fourth-order valence-corrected chi connectivity index (χ4v) is 4.71. The molecule has 0 aliphatic heterocycles. The fourth-order valence-electron chi connectivity index (χ4n) is 4.71. The first-order valence-corrected chi connectivity index (χ1v) is 12.2. The largest absolute Gasteiger partial charge is 0.482 e. The Kier molecular flexibility index (Phi) is 6.92. The Morgan fingerprint density at radius 3 is 2.52 bits per heavy atom. The molecule has 0 spiro atoms. The number of carbonyl (C=O) groups excluding carboxylic acids is 1. The molecule has 0 aliphatic rings. The van der Waals surface area contributed by atoms with Crippen LogP contribution in [0.25, 0.3) is 22.2 Å². The van der Waals surface area contributed by atoms with Crippen LogP contribution in [0.4, 0.5) is 18.9 Å². The Morgan fingerprint density at radius 2 is 1.85 bits per heavy atom. The molecule has 40 heavy (non-hydrogen) atoms. The highest BCUT2D eigenvalue weighted by atomic mass is 19.1. The number of nitrogens with one attached hydrogen (secondary N) is 1. The van der Waals surface area contributed by atoms with Crippen molar-refractivity contribution in [2.45, 2.75) is 27.0 Å². The van der Waals surface area contributed by atoms with Gasteiger partial charge >= 0.3 is 5.69 Å². The lowest BCUT2D eigenvalue weighted by atomic mass is 9.99. The maximum atomic E-state index is 15.2. The molecule has 0 bridgehead atoms. The molecule has 0 saturated carbocycles. The van der Waals surface area contributed by atoms with Gasteiger partial charge in [0.1, 0.15) is 31.1 Å². The smallest absolute Gasteiger partial charge is 0.329 e. The Bertz CT molecular complexity index is 1790. The Balaban J connectivity index is 1.53. The number of carbonyl (C=O) groups is 1. The van der Waals surface area contributed by atoms with Crippen LogP contribution in [-0.4, -0.2) is 37.3 Å². The van der Waals surface area contributed by atoms with E-state index in [4.69, 9.17) is 4.74 Å². The van der Waals surface area contributed by atoms with Crippen molar-refractivity contribution in [1.82, 2.24) is 24.3 Å². The van der Waals surface area contributed by atoms with Crippen LogP contribution >= 0.6 is 0 Å². The minimum absolute atomic E-state index is 0.00739. The number of fused-ring (bicyclic) bond motifs is 1. The molecule has 0 fully saturated rings. The van der Waals surface area contributed by atoms with E-state index in [0.717, 1.165) is 22.6 Å². The summed E-state index contributed by atoms with van der Waals surface area (Å²) in [5.74, 6) is -2.33. The fraction of sp³-hybridized carbons (Fsp3) is 0.214. The van der Waals surface area contributed by atoms with Crippen molar-refractivity contribution in [2.75, 3.05) is 11.9 Å². The van der Waals surface area contributed by atoms with Gasteiger partial charge in [-0.15, -0.1) is 0 Å². The number of ether oxygens (including phenoxy) is 1. The molecule has 12 heteroatoms. The quantitative estimate of drug-likeness (QED) is 0.324. The molecule has 0 aliphatic carbocycles. The number of hydrogen-bond donors (Lipinski definition) is 1. The maximum absolute atomic E-state index is 15.2. The number of likely N-dealkylation sites (N-methyl/N-ethyl adjacent to an activating group) is 1. The monoisotopic (exact) mass is 550 g/mol. The number of halogens is 3. The van der Waals surface area contributed by atoms with Gasteiger partial charge in [-0.1, -0.05) is 0 Å². The van der Waals surface area contributed by atoms with Crippen LogP contribution < -0.4 is 15.3 Å². The molecule has 2 aromatic heterocycles. The van der Waals surface area contributed by atoms with Crippen LogP contribution in [0.15, 0.2) is 53.6 Å². The van der Waals surface area contributed by atoms with E-state index in [9.17, 15) is 18.4 Å². The van der Waals surface area contributed by atoms with Gasteiger partial charge in [0.2, 0.25) is 5.91 Å². The number of hydrogen-bond acceptors (Lipinski definition) is 5. The molecule has 3 aromatic carbocycles. The number of aromatic nitrogens is 5. The van der Waals surface area contributed by atoms with Gasteiger partial charge in [0.25, 0.3) is 0 Å². The van der Waals surface area contributed by atoms with Gasteiger partial charge in [-0.05, 0) is 66.9 Å². The van der Waals surface area contributed by atoms with Gasteiger partial charge in [-0.25, -0.2) is 22.9 Å². The van der Waals surface area contributed by atoms with Crippen LogP contribution in [0.1, 0.15) is 17.0 Å². The summed E-state index contributed by atoms with van der Waals surface area (Å²) in [4.78, 5) is 31.4. The Hall–Kier alpha value is -4.87. The number of nitrogens with zero attached hydrogens (tertiary/aromatic N) is 5. The molecule has 5 rings (SSSR count). The molecule has 1 N–H and O–H groups in total. The highest BCUT2D eigenvalue weighted by molar-refractivity contribution is 5.96. The third-order valence-corrected chi connectivity index (χ3v) is 6.68. The van der Waals surface area contributed by atoms with Crippen molar-refractivity contribution in [3.63, 3.8) is 0 Å². The maximum Gasteiger partial charge on any atom is 0.329 e. The van der Waals surface area contributed by atoms with Gasteiger partial charge in [0, 0.05) is 25.7 Å². The normalized spacial score (nSPS) is 11.3. The van der Waals surface area contributed by atoms with Gasteiger partial charge in [0.15, 0.2) is 17.4 Å². The minimum atomic E-state index is -0.898. The van der Waals surface area contributed by atoms with E-state index < -0.39 is 35.6 Å². The van der Waals surface area contributed by atoms with E-state index in [-0.39, 0.29) is 18.0 Å². The molecule has 0 atom stereocenters. The summed E-state index contributed by atoms with van der Waals surface area (Å²) in [5, 5.41) is 6.40. The lowest BCUT2D eigenvalue weighted by molar-refractivity contribution is -0.118. The summed E-state index contributed by atoms with van der Waals surface area (Å²) < 4.78 is 51.2. The zero-order chi connectivity index (χ0) is 28.7. The molecule has 2 heterocycles. The minimum Gasteiger partial charge on any atom is -0.482 e. The highest BCUT2D eigenvalue weighted by Gasteiger charge is 2.22. The number of aromatic amines is 1. The van der Waals surface area contributed by atoms with Crippen LogP contribution in [0, 0.1) is 31.3 Å². The summed E-state index contributed by atoms with van der Waals surface area (Å²) in [6, 6.07) is 9.56. The van der Waals surface area contributed by atoms with Crippen molar-refractivity contribution >= 4 is 22.6 Å². The van der Waals surface area contributed by atoms with Crippen LogP contribution in [0.2, 0.25) is 0 Å². The number of H-pyrrole nitrogens is 1. The zero-order valence-corrected chi connectivity index (χ0v) is 22.1. The summed E-state index contributed by atoms with van der Waals surface area (Å²) in [6.07, 6.45) is 1.33. The number of rotatable bonds is 7. The van der Waals surface area contributed by atoms with Gasteiger partial charge in [0.05, 0.1) is 16.7 Å². The van der Waals surface area contributed by atoms with Crippen LogP contribution in [0.5, 0.6) is 5.75 Å². The third-order valence-electron chi connectivity index (χ3n) is 6.68. The second-order valence-electron chi connectivity index (χ2n) is 9.48. The number of amides is 1. The number of benzene rings is 3. The van der Waals surface area contributed by atoms with Crippen LogP contribution in [0.3, 0.4) is 0 Å². The lowest BCUT2D eigenvalue weighted by Gasteiger charge is -2.18. The zero-order valence-electron chi connectivity index (χ0n) is 22.1. The summed E-state index contributed by atoms with van der Waals surface area (Å²) in [5.41, 5.74) is 2.76. The Labute approximate surface area is 226 Å². The van der Waals surface area contributed by atoms with Crippen molar-refractivity contribution in [1.29, 1.82) is 0 Å². The van der Waals surface area contributed by atoms with Crippen molar-refractivity contribution in [3.8, 4) is 16.9 Å². The first kappa shape index (κ1) is 26.7. The van der Waals surface area contributed by atoms with Gasteiger partial charge in [-0.3, -0.25) is 19.0 Å². The predicted molar refractivity (Wildman–Crippen MR) is 143 cm³/mol. The molecule has 0 radical (unpaired) electrons. The van der Waals surface area contributed by atoms with E-state index >= 15 is 4.39 Å². The molecule has 0 saturated heterocycles. The molecule has 206 valence electrons. The molecule has 0 unspecified atom stereocenters. The summed E-state index contributed by atoms with van der Waals surface area (Å²) in [6.45, 7) is 3.15. The topological polar surface area (TPSA) is 98.0 Å². The molecule has 1 amide bonds. The van der Waals surface area contributed by atoms with Crippen molar-refractivity contribution in [2.24, 2.45) is 7.05 Å². The van der Waals surface area contributed by atoms with Crippen LogP contribution in [-0.2, 0) is 25.0 Å². The Morgan fingerprint density at radius 1 is 1.07 bits per heavy atom. The standard InChI is InChI=1S/C28H25F3N6O3/c1-15-7-19(17-9-16(2)27(21(31)10-17)40-13-24-32-14-33-34-24)26-23(8-15)37(28(39)36(26)4)12-25(38)35(3)22-6-5-18(29)11-20(22)30/h5-11,14H,12-13H2,1-4H3,(H,32,33,34). The third kappa shape index (κ3) is 4.83. The number of imidazole rings is 1. The van der Waals surface area contributed by atoms with Crippen molar-refractivity contribution < 1.29 is 22.7 Å². The summed E-state index contributed by atoms with van der Waals surface area (Å²) >= 11 is 0. The molecular weight excluding hydrogens is 525 g/mol.